The van der Waals surface area contributed by atoms with Gasteiger partial charge in [0.05, 0.1) is 0 Å². The lowest BCUT2D eigenvalue weighted by Crippen LogP contribution is -2.42. The van der Waals surface area contributed by atoms with Gasteiger partial charge in [-0.2, -0.15) is 0 Å². The first-order valence-electron chi connectivity index (χ1n) is 6.47. The second-order valence-corrected chi connectivity index (χ2v) is 5.12. The Kier molecular flexibility index (Phi) is 4.90. The van der Waals surface area contributed by atoms with Gasteiger partial charge in [-0.25, -0.2) is 4.79 Å². The molecule has 102 valence electrons. The molecule has 1 aromatic rings. The molecule has 0 unspecified atom stereocenters. The smallest absolute Gasteiger partial charge is 0.310 e. The summed E-state index contributed by atoms with van der Waals surface area (Å²) in [5, 5.41) is 3.38. The second-order valence-electron chi connectivity index (χ2n) is 5.12. The first-order chi connectivity index (χ1) is 8.39. The summed E-state index contributed by atoms with van der Waals surface area (Å²) in [5.41, 5.74) is 0.0950. The number of nitrogens with one attached hydrogen (secondary N) is 2. The molecule has 0 bridgehead atoms. The third-order valence-corrected chi connectivity index (χ3v) is 3.31. The van der Waals surface area contributed by atoms with Gasteiger partial charge in [-0.15, -0.1) is 0 Å². The number of rotatable bonds is 6. The predicted molar refractivity (Wildman–Crippen MR) is 73.1 cm³/mol. The molecule has 0 spiro atoms. The lowest BCUT2D eigenvalue weighted by molar-refractivity contribution is 0.365. The number of aryl methyl sites for hydroxylation is 1. The minimum Gasteiger partial charge on any atom is -0.310 e. The maximum atomic E-state index is 11.6. The van der Waals surface area contributed by atoms with Gasteiger partial charge in [-0.1, -0.05) is 13.8 Å². The van der Waals surface area contributed by atoms with E-state index in [4.69, 9.17) is 0 Å². The molecule has 0 aromatic carbocycles. The Morgan fingerprint density at radius 1 is 1.33 bits per heavy atom. The zero-order valence-electron chi connectivity index (χ0n) is 11.7. The van der Waals surface area contributed by atoms with E-state index in [1.807, 2.05) is 6.92 Å². The summed E-state index contributed by atoms with van der Waals surface area (Å²) in [7, 11) is 0. The van der Waals surface area contributed by atoms with Crippen molar-refractivity contribution in [1.82, 2.24) is 14.9 Å². The Hall–Kier alpha value is -1.36. The molecule has 1 rings (SSSR count). The van der Waals surface area contributed by atoms with Gasteiger partial charge in [0.15, 0.2) is 0 Å². The van der Waals surface area contributed by atoms with Crippen molar-refractivity contribution in [3.8, 4) is 0 Å². The van der Waals surface area contributed by atoms with Crippen molar-refractivity contribution in [2.24, 2.45) is 0 Å². The van der Waals surface area contributed by atoms with Gasteiger partial charge in [0.2, 0.25) is 0 Å². The molecule has 0 radical (unpaired) electrons. The Bertz CT molecular complexity index is 500. The normalized spacial score (nSPS) is 11.8. The molecule has 18 heavy (non-hydrogen) atoms. The number of hydrogen-bond acceptors (Lipinski definition) is 3. The van der Waals surface area contributed by atoms with E-state index in [-0.39, 0.29) is 16.8 Å². The number of hydrogen-bond donors (Lipinski definition) is 2. The van der Waals surface area contributed by atoms with E-state index in [2.05, 4.69) is 31.1 Å². The van der Waals surface area contributed by atoms with E-state index in [0.717, 1.165) is 6.42 Å². The molecule has 2 N–H and O–H groups in total. The fraction of sp³-hybridized carbons (Fsp3) is 0.692. The number of H-pyrrole nitrogens is 1. The van der Waals surface area contributed by atoms with E-state index in [1.54, 1.807) is 10.8 Å². The minimum atomic E-state index is -0.340. The molecule has 5 heteroatoms. The predicted octanol–water partition coefficient (Wildman–Crippen LogP) is 0.877. The molecular formula is C13H23N3O2. The van der Waals surface area contributed by atoms with E-state index in [1.165, 1.54) is 0 Å². The topological polar surface area (TPSA) is 66.9 Å². The Morgan fingerprint density at radius 2 is 2.00 bits per heavy atom. The molecule has 0 aliphatic carbocycles. The number of aromatic amines is 1. The van der Waals surface area contributed by atoms with E-state index < -0.39 is 0 Å². The second kappa shape index (κ2) is 6.00. The fourth-order valence-corrected chi connectivity index (χ4v) is 1.61. The SMILES string of the molecule is CCc1cn(CCNC(C)(C)CC)c(=O)[nH]c1=O. The van der Waals surface area contributed by atoms with Crippen LogP contribution in [0, 0.1) is 0 Å². The van der Waals surface area contributed by atoms with Crippen molar-refractivity contribution >= 4 is 0 Å². The largest absolute Gasteiger partial charge is 0.328 e. The average molecular weight is 253 g/mol. The zero-order chi connectivity index (χ0) is 13.8. The number of aromatic nitrogens is 2. The van der Waals surface area contributed by atoms with Gasteiger partial charge in [-0.3, -0.25) is 14.3 Å². The molecule has 0 aliphatic rings. The molecule has 0 saturated heterocycles. The van der Waals surface area contributed by atoms with Gasteiger partial charge in [0.1, 0.15) is 0 Å². The Morgan fingerprint density at radius 3 is 2.56 bits per heavy atom. The van der Waals surface area contributed by atoms with Crippen LogP contribution in [0.2, 0.25) is 0 Å². The lowest BCUT2D eigenvalue weighted by atomic mass is 10.0. The molecule has 1 aromatic heterocycles. The van der Waals surface area contributed by atoms with Crippen LogP contribution < -0.4 is 16.6 Å². The van der Waals surface area contributed by atoms with Crippen LogP contribution in [0.1, 0.15) is 39.7 Å². The third kappa shape index (κ3) is 3.84. The summed E-state index contributed by atoms with van der Waals surface area (Å²) in [6.07, 6.45) is 3.30. The molecule has 0 atom stereocenters. The van der Waals surface area contributed by atoms with Crippen molar-refractivity contribution < 1.29 is 0 Å². The number of nitrogens with zero attached hydrogens (tertiary/aromatic N) is 1. The Balaban J connectivity index is 2.74. The average Bonchev–Trinajstić information content (AvgIpc) is 2.32. The van der Waals surface area contributed by atoms with Crippen molar-refractivity contribution in [3.63, 3.8) is 0 Å². The van der Waals surface area contributed by atoms with E-state index in [0.29, 0.717) is 25.1 Å². The van der Waals surface area contributed by atoms with Crippen molar-refractivity contribution in [1.29, 1.82) is 0 Å². The lowest BCUT2D eigenvalue weighted by Gasteiger charge is -2.24. The van der Waals surface area contributed by atoms with Crippen molar-refractivity contribution in [2.45, 2.75) is 52.6 Å². The summed E-state index contributed by atoms with van der Waals surface area (Å²) in [5.74, 6) is 0. The third-order valence-electron chi connectivity index (χ3n) is 3.31. The van der Waals surface area contributed by atoms with E-state index in [9.17, 15) is 9.59 Å². The van der Waals surface area contributed by atoms with Gasteiger partial charge >= 0.3 is 5.69 Å². The van der Waals surface area contributed by atoms with Gasteiger partial charge in [0, 0.05) is 30.4 Å². The van der Waals surface area contributed by atoms with Crippen LogP contribution in [0.3, 0.4) is 0 Å². The van der Waals surface area contributed by atoms with Crippen LogP contribution in [0.5, 0.6) is 0 Å². The Labute approximate surface area is 107 Å². The van der Waals surface area contributed by atoms with Gasteiger partial charge < -0.3 is 5.32 Å². The monoisotopic (exact) mass is 253 g/mol. The van der Waals surface area contributed by atoms with Crippen LogP contribution >= 0.6 is 0 Å². The summed E-state index contributed by atoms with van der Waals surface area (Å²) >= 11 is 0. The minimum absolute atomic E-state index is 0.0688. The van der Waals surface area contributed by atoms with Crippen molar-refractivity contribution in [2.75, 3.05) is 6.54 Å². The van der Waals surface area contributed by atoms with Crippen molar-refractivity contribution in [3.05, 3.63) is 32.6 Å². The fourth-order valence-electron chi connectivity index (χ4n) is 1.61. The van der Waals surface area contributed by atoms with Gasteiger partial charge in [-0.05, 0) is 26.7 Å². The zero-order valence-corrected chi connectivity index (χ0v) is 11.7. The standard InChI is InChI=1S/C13H23N3O2/c1-5-10-9-16(12(18)15-11(10)17)8-7-14-13(3,4)6-2/h9,14H,5-8H2,1-4H3,(H,15,17,18). The first-order valence-corrected chi connectivity index (χ1v) is 6.47. The summed E-state index contributed by atoms with van der Waals surface area (Å²) < 4.78 is 1.55. The highest BCUT2D eigenvalue weighted by Crippen LogP contribution is 2.05. The maximum absolute atomic E-state index is 11.6. The van der Waals surface area contributed by atoms with Crippen LogP contribution in [0.25, 0.3) is 0 Å². The molecular weight excluding hydrogens is 230 g/mol. The highest BCUT2D eigenvalue weighted by molar-refractivity contribution is 5.03. The molecule has 0 amide bonds. The summed E-state index contributed by atoms with van der Waals surface area (Å²) in [6, 6.07) is 0. The van der Waals surface area contributed by atoms with E-state index >= 15 is 0 Å². The highest BCUT2D eigenvalue weighted by Gasteiger charge is 2.13. The first kappa shape index (κ1) is 14.7. The maximum Gasteiger partial charge on any atom is 0.328 e. The molecule has 0 aliphatic heterocycles. The molecule has 0 fully saturated rings. The van der Waals surface area contributed by atoms with Crippen LogP contribution in [-0.4, -0.2) is 21.6 Å². The van der Waals surface area contributed by atoms with Crippen LogP contribution in [0.4, 0.5) is 0 Å². The van der Waals surface area contributed by atoms with Gasteiger partial charge in [0.25, 0.3) is 5.56 Å². The summed E-state index contributed by atoms with van der Waals surface area (Å²) in [6.45, 7) is 9.54. The highest BCUT2D eigenvalue weighted by atomic mass is 16.2. The quantitative estimate of drug-likeness (QED) is 0.791. The molecule has 5 nitrogen and oxygen atoms in total. The van der Waals surface area contributed by atoms with Crippen LogP contribution in [0.15, 0.2) is 15.8 Å². The molecule has 0 saturated carbocycles. The van der Waals surface area contributed by atoms with Crippen LogP contribution in [-0.2, 0) is 13.0 Å². The summed E-state index contributed by atoms with van der Waals surface area (Å²) in [4.78, 5) is 25.4. The molecule has 1 heterocycles.